The van der Waals surface area contributed by atoms with Gasteiger partial charge in [-0.05, 0) is 115 Å². The molecule has 0 amide bonds. The van der Waals surface area contributed by atoms with Crippen molar-refractivity contribution in [1.29, 1.82) is 0 Å². The van der Waals surface area contributed by atoms with E-state index < -0.39 is 0 Å². The maximum atomic E-state index is 10.8. The van der Waals surface area contributed by atoms with E-state index in [1.54, 1.807) is 16.7 Å². The molecule has 6 atom stereocenters. The number of hydrogen-bond donors (Lipinski definition) is 1. The summed E-state index contributed by atoms with van der Waals surface area (Å²) < 4.78 is 0. The first-order chi connectivity index (χ1) is 15.1. The Morgan fingerprint density at radius 3 is 2.50 bits per heavy atom. The zero-order valence-corrected chi connectivity index (χ0v) is 21.3. The molecular weight excluding hydrogens is 388 g/mol. The highest BCUT2D eigenvalue weighted by Crippen LogP contribution is 2.66. The maximum Gasteiger partial charge on any atom is 0.0594 e. The van der Waals surface area contributed by atoms with E-state index in [9.17, 15) is 5.11 Å². The van der Waals surface area contributed by atoms with E-state index in [1.807, 2.05) is 0 Å². The number of aryl methyl sites for hydroxylation is 1. The molecule has 1 nitrogen and oxygen atoms in total. The highest BCUT2D eigenvalue weighted by Gasteiger charge is 2.57. The van der Waals surface area contributed by atoms with Crippen LogP contribution >= 0.6 is 0 Å². The summed E-state index contributed by atoms with van der Waals surface area (Å²) >= 11 is 0. The number of fused-ring (bicyclic) bond motifs is 4. The number of aliphatic hydroxyl groups excluding tert-OH is 1. The van der Waals surface area contributed by atoms with Crippen LogP contribution in [0.25, 0.3) is 0 Å². The summed E-state index contributed by atoms with van der Waals surface area (Å²) in [6.45, 7) is 14.6. The molecule has 0 heterocycles. The summed E-state index contributed by atoms with van der Waals surface area (Å²) in [6.07, 6.45) is 12.1. The van der Waals surface area contributed by atoms with Crippen molar-refractivity contribution in [3.8, 4) is 0 Å². The Bertz CT molecular complexity index is 964. The second-order valence-corrected chi connectivity index (χ2v) is 12.8. The molecule has 1 heteroatoms. The van der Waals surface area contributed by atoms with Crippen LogP contribution in [0.3, 0.4) is 0 Å². The quantitative estimate of drug-likeness (QED) is 0.516. The van der Waals surface area contributed by atoms with E-state index in [2.05, 4.69) is 71.9 Å². The van der Waals surface area contributed by atoms with Gasteiger partial charge in [0.25, 0.3) is 0 Å². The lowest BCUT2D eigenvalue weighted by atomic mass is 9.46. The summed E-state index contributed by atoms with van der Waals surface area (Å²) in [7, 11) is 0. The third-order valence-corrected chi connectivity index (χ3v) is 10.9. The standard InChI is InChI=1S/C31H44O/c1-20-9-7-8-10-22(20)19-21(2)24-12-13-25-23-11-14-27-29(3,4)28(32)16-18-31(27,6)26(23)15-17-30(24,25)5/h7-10,13,21,24,27-28,32H,11-12,14-19H2,1-6H3/t21-,24-,27+,28+,30-,31-/m1/s1. The van der Waals surface area contributed by atoms with Crippen molar-refractivity contribution in [2.75, 3.05) is 0 Å². The van der Waals surface area contributed by atoms with Gasteiger partial charge >= 0.3 is 0 Å². The lowest BCUT2D eigenvalue weighted by Crippen LogP contribution is -2.53. The highest BCUT2D eigenvalue weighted by atomic mass is 16.3. The second-order valence-electron chi connectivity index (χ2n) is 12.8. The van der Waals surface area contributed by atoms with Gasteiger partial charge in [0, 0.05) is 0 Å². The Hall–Kier alpha value is -1.34. The average Bonchev–Trinajstić information content (AvgIpc) is 3.10. The Kier molecular flexibility index (Phi) is 5.32. The molecule has 174 valence electrons. The molecule has 0 unspecified atom stereocenters. The van der Waals surface area contributed by atoms with Gasteiger partial charge in [0.2, 0.25) is 0 Å². The predicted octanol–water partition coefficient (Wildman–Crippen LogP) is 7.81. The van der Waals surface area contributed by atoms with Crippen LogP contribution in [0.15, 0.2) is 47.1 Å². The summed E-state index contributed by atoms with van der Waals surface area (Å²) in [6, 6.07) is 8.97. The van der Waals surface area contributed by atoms with Crippen molar-refractivity contribution in [2.45, 2.75) is 99.0 Å². The van der Waals surface area contributed by atoms with Crippen LogP contribution in [-0.4, -0.2) is 11.2 Å². The van der Waals surface area contributed by atoms with Gasteiger partial charge in [0.05, 0.1) is 6.10 Å². The van der Waals surface area contributed by atoms with Crippen molar-refractivity contribution in [2.24, 2.45) is 34.0 Å². The van der Waals surface area contributed by atoms with Crippen LogP contribution in [0.4, 0.5) is 0 Å². The summed E-state index contributed by atoms with van der Waals surface area (Å²) in [5.41, 5.74) is 8.88. The van der Waals surface area contributed by atoms with Crippen LogP contribution in [0, 0.1) is 40.9 Å². The van der Waals surface area contributed by atoms with E-state index in [4.69, 9.17) is 0 Å². The van der Waals surface area contributed by atoms with Gasteiger partial charge in [0.15, 0.2) is 0 Å². The molecule has 0 aliphatic heterocycles. The normalized spacial score (nSPS) is 39.1. The van der Waals surface area contributed by atoms with Crippen LogP contribution < -0.4 is 0 Å². The Morgan fingerprint density at radius 2 is 1.75 bits per heavy atom. The molecule has 1 fully saturated rings. The van der Waals surface area contributed by atoms with Crippen LogP contribution in [0.2, 0.25) is 0 Å². The van der Waals surface area contributed by atoms with Crippen molar-refractivity contribution < 1.29 is 5.11 Å². The number of hydrogen-bond acceptors (Lipinski definition) is 1. The Morgan fingerprint density at radius 1 is 1.00 bits per heavy atom. The van der Waals surface area contributed by atoms with Crippen LogP contribution in [0.5, 0.6) is 0 Å². The van der Waals surface area contributed by atoms with E-state index in [-0.39, 0.29) is 16.9 Å². The Balaban J connectivity index is 1.44. The molecule has 0 aromatic heterocycles. The minimum absolute atomic E-state index is 0.0287. The molecule has 1 N–H and O–H groups in total. The average molecular weight is 433 g/mol. The smallest absolute Gasteiger partial charge is 0.0594 e. The molecule has 0 radical (unpaired) electrons. The lowest BCUT2D eigenvalue weighted by Gasteiger charge is -2.59. The first kappa shape index (κ1) is 22.5. The molecule has 0 spiro atoms. The van der Waals surface area contributed by atoms with Gasteiger partial charge < -0.3 is 5.11 Å². The fourth-order valence-electron chi connectivity index (χ4n) is 8.90. The van der Waals surface area contributed by atoms with Gasteiger partial charge in [-0.2, -0.15) is 0 Å². The summed E-state index contributed by atoms with van der Waals surface area (Å²) in [5, 5.41) is 10.8. The molecule has 0 bridgehead atoms. The lowest BCUT2D eigenvalue weighted by molar-refractivity contribution is -0.0905. The van der Waals surface area contributed by atoms with Gasteiger partial charge in [-0.25, -0.2) is 0 Å². The largest absolute Gasteiger partial charge is 0.393 e. The molecule has 32 heavy (non-hydrogen) atoms. The predicted molar refractivity (Wildman–Crippen MR) is 134 cm³/mol. The van der Waals surface area contributed by atoms with Crippen LogP contribution in [-0.2, 0) is 6.42 Å². The van der Waals surface area contributed by atoms with Crippen molar-refractivity contribution in [1.82, 2.24) is 0 Å². The fourth-order valence-corrected chi connectivity index (χ4v) is 8.90. The number of allylic oxidation sites excluding steroid dienone is 4. The molecule has 0 saturated heterocycles. The van der Waals surface area contributed by atoms with Crippen molar-refractivity contribution in [3.05, 3.63) is 58.2 Å². The van der Waals surface area contributed by atoms with Gasteiger partial charge in [-0.1, -0.05) is 70.5 Å². The molecule has 1 saturated carbocycles. The van der Waals surface area contributed by atoms with E-state index in [0.29, 0.717) is 17.3 Å². The minimum atomic E-state index is -0.144. The Labute approximate surface area is 196 Å². The van der Waals surface area contributed by atoms with E-state index >= 15 is 0 Å². The van der Waals surface area contributed by atoms with Crippen LogP contribution in [0.1, 0.15) is 90.7 Å². The topological polar surface area (TPSA) is 20.2 Å². The molecule has 4 aliphatic carbocycles. The van der Waals surface area contributed by atoms with Gasteiger partial charge in [-0.3, -0.25) is 0 Å². The fraction of sp³-hybridized carbons (Fsp3) is 0.677. The third-order valence-electron chi connectivity index (χ3n) is 10.9. The molecular formula is C31H44O. The van der Waals surface area contributed by atoms with E-state index in [0.717, 1.165) is 18.8 Å². The first-order valence-corrected chi connectivity index (χ1v) is 13.2. The number of rotatable bonds is 3. The third kappa shape index (κ3) is 3.13. The number of benzene rings is 1. The minimum Gasteiger partial charge on any atom is -0.393 e. The number of aliphatic hydroxyl groups is 1. The zero-order valence-electron chi connectivity index (χ0n) is 21.3. The zero-order chi connectivity index (χ0) is 22.9. The molecule has 1 aromatic rings. The molecule has 4 aliphatic rings. The first-order valence-electron chi connectivity index (χ1n) is 13.2. The summed E-state index contributed by atoms with van der Waals surface area (Å²) in [5.74, 6) is 2.06. The molecule has 1 aromatic carbocycles. The maximum absolute atomic E-state index is 10.8. The van der Waals surface area contributed by atoms with Crippen molar-refractivity contribution >= 4 is 0 Å². The van der Waals surface area contributed by atoms with Crippen molar-refractivity contribution in [3.63, 3.8) is 0 Å². The second kappa shape index (κ2) is 7.59. The van der Waals surface area contributed by atoms with Gasteiger partial charge in [-0.15, -0.1) is 0 Å². The van der Waals surface area contributed by atoms with Gasteiger partial charge in [0.1, 0.15) is 0 Å². The molecule has 5 rings (SSSR count). The monoisotopic (exact) mass is 432 g/mol. The highest BCUT2D eigenvalue weighted by molar-refractivity contribution is 5.50. The SMILES string of the molecule is Cc1ccccc1C[C@@H](C)[C@H]1CC=C2C3=C(CC[C@@]21C)[C@@]1(C)CC[C@H](O)C(C)(C)[C@@H]1CC3. The van der Waals surface area contributed by atoms with E-state index in [1.165, 1.54) is 49.7 Å². The summed E-state index contributed by atoms with van der Waals surface area (Å²) in [4.78, 5) is 0.